The highest BCUT2D eigenvalue weighted by Crippen LogP contribution is 1.92. The molecular formula is C15H27N5O6. The van der Waals surface area contributed by atoms with Crippen LogP contribution in [0.1, 0.15) is 34.6 Å². The fourth-order valence-corrected chi connectivity index (χ4v) is 1.62. The van der Waals surface area contributed by atoms with Gasteiger partial charge in [0.2, 0.25) is 23.6 Å². The third-order valence-electron chi connectivity index (χ3n) is 3.40. The first-order valence-electron chi connectivity index (χ1n) is 8.06. The van der Waals surface area contributed by atoms with Crippen molar-refractivity contribution >= 4 is 29.6 Å². The Kier molecular flexibility index (Phi) is 9.27. The summed E-state index contributed by atoms with van der Waals surface area (Å²) < 4.78 is 0. The smallest absolute Gasteiger partial charge is 0.325 e. The molecule has 0 aromatic carbocycles. The normalized spacial score (nSPS) is 16.2. The SMILES string of the molecule is C[C@H](N)C(=O)N[C@H](C)C(=O)N[C@H](C)C(=O)N[C@H](C)C(=O)N[C@@H](C)C(=O)O. The van der Waals surface area contributed by atoms with Crippen molar-refractivity contribution in [2.75, 3.05) is 0 Å². The van der Waals surface area contributed by atoms with Crippen molar-refractivity contribution in [3.8, 4) is 0 Å². The molecule has 148 valence electrons. The molecule has 5 atom stereocenters. The molecule has 0 unspecified atom stereocenters. The summed E-state index contributed by atoms with van der Waals surface area (Å²) in [7, 11) is 0. The molecule has 0 saturated heterocycles. The van der Waals surface area contributed by atoms with E-state index in [1.807, 2.05) is 0 Å². The molecule has 0 rings (SSSR count). The Morgan fingerprint density at radius 1 is 0.615 bits per heavy atom. The molecule has 7 N–H and O–H groups in total. The molecule has 0 bridgehead atoms. The van der Waals surface area contributed by atoms with Crippen LogP contribution in [-0.4, -0.2) is 64.9 Å². The zero-order valence-electron chi connectivity index (χ0n) is 15.5. The molecule has 0 saturated carbocycles. The van der Waals surface area contributed by atoms with Gasteiger partial charge in [-0.25, -0.2) is 0 Å². The highest BCUT2D eigenvalue weighted by molar-refractivity contribution is 5.94. The summed E-state index contributed by atoms with van der Waals surface area (Å²) in [4.78, 5) is 58.0. The first-order chi connectivity index (χ1) is 11.9. The Bertz CT molecular complexity index is 565. The molecule has 4 amide bonds. The second kappa shape index (κ2) is 10.3. The van der Waals surface area contributed by atoms with Crippen molar-refractivity contribution in [2.24, 2.45) is 5.73 Å². The summed E-state index contributed by atoms with van der Waals surface area (Å²) in [6.45, 7) is 6.96. The molecule has 0 radical (unpaired) electrons. The first kappa shape index (κ1) is 23.3. The number of carboxylic acid groups (broad SMARTS) is 1. The molecule has 0 aliphatic carbocycles. The molecule has 11 nitrogen and oxygen atoms in total. The molecule has 0 aromatic heterocycles. The van der Waals surface area contributed by atoms with Gasteiger partial charge in [-0.1, -0.05) is 0 Å². The van der Waals surface area contributed by atoms with E-state index in [2.05, 4.69) is 21.3 Å². The van der Waals surface area contributed by atoms with Gasteiger partial charge in [0.25, 0.3) is 0 Å². The second-order valence-electron chi connectivity index (χ2n) is 6.05. The number of carbonyl (C=O) groups excluding carboxylic acids is 4. The van der Waals surface area contributed by atoms with Gasteiger partial charge in [0, 0.05) is 0 Å². The predicted octanol–water partition coefficient (Wildman–Crippen LogP) is -2.56. The summed E-state index contributed by atoms with van der Waals surface area (Å²) in [6, 6.07) is -4.77. The van der Waals surface area contributed by atoms with Crippen LogP contribution < -0.4 is 27.0 Å². The summed E-state index contributed by atoms with van der Waals surface area (Å²) in [5, 5.41) is 18.1. The van der Waals surface area contributed by atoms with Crippen molar-refractivity contribution in [2.45, 2.75) is 64.8 Å². The maximum absolute atomic E-state index is 12.0. The number of amides is 4. The van der Waals surface area contributed by atoms with Gasteiger partial charge in [-0.3, -0.25) is 24.0 Å². The van der Waals surface area contributed by atoms with Crippen LogP contribution in [0.5, 0.6) is 0 Å². The Morgan fingerprint density at radius 2 is 0.885 bits per heavy atom. The lowest BCUT2D eigenvalue weighted by Crippen LogP contribution is -2.56. The maximum atomic E-state index is 12.0. The van der Waals surface area contributed by atoms with Gasteiger partial charge in [0.05, 0.1) is 6.04 Å². The Balaban J connectivity index is 4.54. The van der Waals surface area contributed by atoms with Gasteiger partial charge in [-0.2, -0.15) is 0 Å². The molecule has 26 heavy (non-hydrogen) atoms. The van der Waals surface area contributed by atoms with Crippen LogP contribution in [0.15, 0.2) is 0 Å². The van der Waals surface area contributed by atoms with E-state index < -0.39 is 59.8 Å². The molecule has 0 heterocycles. The molecular weight excluding hydrogens is 346 g/mol. The van der Waals surface area contributed by atoms with E-state index in [9.17, 15) is 24.0 Å². The number of rotatable bonds is 9. The van der Waals surface area contributed by atoms with Crippen molar-refractivity contribution in [3.63, 3.8) is 0 Å². The van der Waals surface area contributed by atoms with Gasteiger partial charge in [0.1, 0.15) is 24.2 Å². The average Bonchev–Trinajstić information content (AvgIpc) is 2.53. The minimum Gasteiger partial charge on any atom is -0.480 e. The van der Waals surface area contributed by atoms with Gasteiger partial charge in [-0.15, -0.1) is 0 Å². The monoisotopic (exact) mass is 373 g/mol. The van der Waals surface area contributed by atoms with Gasteiger partial charge in [0.15, 0.2) is 0 Å². The lowest BCUT2D eigenvalue weighted by atomic mass is 10.2. The highest BCUT2D eigenvalue weighted by atomic mass is 16.4. The van der Waals surface area contributed by atoms with Crippen LogP contribution in [0.25, 0.3) is 0 Å². The van der Waals surface area contributed by atoms with E-state index in [1.54, 1.807) is 0 Å². The second-order valence-corrected chi connectivity index (χ2v) is 6.05. The van der Waals surface area contributed by atoms with E-state index in [0.717, 1.165) is 0 Å². The van der Waals surface area contributed by atoms with E-state index in [-0.39, 0.29) is 0 Å². The molecule has 0 aliphatic heterocycles. The van der Waals surface area contributed by atoms with Crippen molar-refractivity contribution in [1.29, 1.82) is 0 Å². The molecule has 0 spiro atoms. The standard InChI is InChI=1S/C15H27N5O6/c1-6(16)11(21)17-7(2)12(22)18-8(3)13(23)19-9(4)14(24)20-10(5)15(25)26/h6-10H,16H2,1-5H3,(H,17,21)(H,18,22)(H,19,23)(H,20,24)(H,25,26)/t6-,7+,8+,9+,10-/m0/s1. The van der Waals surface area contributed by atoms with Crippen molar-refractivity contribution in [3.05, 3.63) is 0 Å². The van der Waals surface area contributed by atoms with E-state index >= 15 is 0 Å². The van der Waals surface area contributed by atoms with Crippen LogP contribution in [0.2, 0.25) is 0 Å². The summed E-state index contributed by atoms with van der Waals surface area (Å²) in [5.74, 6) is -3.64. The number of hydrogen-bond acceptors (Lipinski definition) is 6. The average molecular weight is 373 g/mol. The predicted molar refractivity (Wildman–Crippen MR) is 91.7 cm³/mol. The summed E-state index contributed by atoms with van der Waals surface area (Å²) in [6.07, 6.45) is 0. The van der Waals surface area contributed by atoms with E-state index in [0.29, 0.717) is 0 Å². The lowest BCUT2D eigenvalue weighted by molar-refractivity contribution is -0.141. The highest BCUT2D eigenvalue weighted by Gasteiger charge is 2.25. The van der Waals surface area contributed by atoms with Crippen LogP contribution in [-0.2, 0) is 24.0 Å². The van der Waals surface area contributed by atoms with Gasteiger partial charge < -0.3 is 32.1 Å². The quantitative estimate of drug-likeness (QED) is 0.257. The molecule has 0 aromatic rings. The fraction of sp³-hybridized carbons (Fsp3) is 0.667. The van der Waals surface area contributed by atoms with E-state index in [1.165, 1.54) is 34.6 Å². The summed E-state index contributed by atoms with van der Waals surface area (Å²) in [5.41, 5.74) is 5.39. The Hall–Kier alpha value is -2.69. The number of carboxylic acids is 1. The zero-order chi connectivity index (χ0) is 20.6. The Labute approximate surface area is 151 Å². The molecule has 0 fully saturated rings. The Morgan fingerprint density at radius 3 is 1.15 bits per heavy atom. The van der Waals surface area contributed by atoms with Crippen LogP contribution in [0.4, 0.5) is 0 Å². The van der Waals surface area contributed by atoms with E-state index in [4.69, 9.17) is 10.8 Å². The van der Waals surface area contributed by atoms with Crippen LogP contribution >= 0.6 is 0 Å². The summed E-state index contributed by atoms with van der Waals surface area (Å²) >= 11 is 0. The largest absolute Gasteiger partial charge is 0.480 e. The van der Waals surface area contributed by atoms with Gasteiger partial charge >= 0.3 is 5.97 Å². The zero-order valence-corrected chi connectivity index (χ0v) is 15.5. The van der Waals surface area contributed by atoms with Crippen molar-refractivity contribution in [1.82, 2.24) is 21.3 Å². The number of hydrogen-bond donors (Lipinski definition) is 6. The maximum Gasteiger partial charge on any atom is 0.325 e. The number of nitrogens with two attached hydrogens (primary N) is 1. The molecule has 0 aliphatic rings. The number of aliphatic carboxylic acids is 1. The topological polar surface area (TPSA) is 180 Å². The third-order valence-corrected chi connectivity index (χ3v) is 3.40. The number of nitrogens with one attached hydrogen (secondary N) is 4. The van der Waals surface area contributed by atoms with Crippen molar-refractivity contribution < 1.29 is 29.1 Å². The van der Waals surface area contributed by atoms with Crippen LogP contribution in [0, 0.1) is 0 Å². The minimum atomic E-state index is -1.21. The minimum absolute atomic E-state index is 0.511. The number of carbonyl (C=O) groups is 5. The first-order valence-corrected chi connectivity index (χ1v) is 8.06. The third kappa shape index (κ3) is 7.92. The molecule has 11 heteroatoms. The lowest BCUT2D eigenvalue weighted by Gasteiger charge is -2.21. The van der Waals surface area contributed by atoms with Gasteiger partial charge in [-0.05, 0) is 34.6 Å². The fourth-order valence-electron chi connectivity index (χ4n) is 1.62. The van der Waals surface area contributed by atoms with Crippen LogP contribution in [0.3, 0.4) is 0 Å².